The van der Waals surface area contributed by atoms with Crippen LogP contribution in [0.4, 0.5) is 32.8 Å². The average molecular weight is 615 g/mol. The van der Waals surface area contributed by atoms with Gasteiger partial charge in [0, 0.05) is 13.1 Å². The van der Waals surface area contributed by atoms with E-state index in [0.717, 1.165) is 53.7 Å². The van der Waals surface area contributed by atoms with Crippen molar-refractivity contribution in [1.82, 2.24) is 9.13 Å². The molecule has 0 fully saturated rings. The molecule has 0 N–H and O–H groups in total. The maximum absolute atomic E-state index is 4.99. The fourth-order valence-electron chi connectivity index (χ4n) is 4.45. The fraction of sp³-hybridized carbons (Fsp3) is 0.118. The summed E-state index contributed by atoms with van der Waals surface area (Å²) < 4.78 is 4.41. The van der Waals surface area contributed by atoms with Crippen LogP contribution in [0.2, 0.25) is 0 Å². The van der Waals surface area contributed by atoms with Crippen molar-refractivity contribution < 1.29 is 0 Å². The Morgan fingerprint density at radius 2 is 0.750 bits per heavy atom. The van der Waals surface area contributed by atoms with Crippen molar-refractivity contribution in [2.24, 2.45) is 30.4 Å². The van der Waals surface area contributed by atoms with E-state index in [1.807, 2.05) is 121 Å². The topological polar surface area (TPSA) is 84.0 Å². The van der Waals surface area contributed by atoms with E-state index < -0.39 is 0 Å². The Balaban J connectivity index is 1.39. The maximum atomic E-state index is 4.99. The largest absolute Gasteiger partial charge is 0.317 e. The molecule has 0 spiro atoms. The van der Waals surface area contributed by atoms with Crippen LogP contribution in [-0.2, 0) is 13.1 Å². The van der Waals surface area contributed by atoms with Crippen molar-refractivity contribution in [1.29, 1.82) is 0 Å². The summed E-state index contributed by atoms with van der Waals surface area (Å²) in [4.78, 5) is 11.7. The number of thiazole rings is 2. The first-order valence-corrected chi connectivity index (χ1v) is 15.8. The van der Waals surface area contributed by atoms with Crippen molar-refractivity contribution in [3.05, 3.63) is 142 Å². The molecular formula is C34H30N8S2. The Labute approximate surface area is 263 Å². The van der Waals surface area contributed by atoms with Crippen molar-refractivity contribution in [3.8, 4) is 0 Å². The molecule has 4 aromatic carbocycles. The number of rotatable bonds is 9. The Bertz CT molecular complexity index is 1870. The number of para-hydroxylation sites is 2. The summed E-state index contributed by atoms with van der Waals surface area (Å²) in [5.74, 6) is 0. The monoisotopic (exact) mass is 614 g/mol. The average Bonchev–Trinajstić information content (AvgIpc) is 3.53. The van der Waals surface area contributed by atoms with E-state index in [2.05, 4.69) is 43.4 Å². The molecule has 2 aromatic heterocycles. The van der Waals surface area contributed by atoms with Crippen LogP contribution in [0.1, 0.15) is 11.4 Å². The summed E-state index contributed by atoms with van der Waals surface area (Å²) in [6.45, 7) is 5.45. The van der Waals surface area contributed by atoms with Gasteiger partial charge in [0.25, 0.3) is 0 Å². The highest BCUT2D eigenvalue weighted by Crippen LogP contribution is 2.28. The predicted octanol–water partition coefficient (Wildman–Crippen LogP) is 10.0. The van der Waals surface area contributed by atoms with Crippen LogP contribution in [-0.4, -0.2) is 9.13 Å². The second-order valence-electron chi connectivity index (χ2n) is 9.82. The van der Waals surface area contributed by atoms with E-state index in [1.165, 1.54) is 22.7 Å². The van der Waals surface area contributed by atoms with E-state index in [9.17, 15) is 0 Å². The third-order valence-corrected chi connectivity index (χ3v) is 8.93. The highest BCUT2D eigenvalue weighted by atomic mass is 32.1. The maximum Gasteiger partial charge on any atom is 0.192 e. The van der Waals surface area contributed by atoms with Gasteiger partial charge in [-0.15, -0.1) is 20.5 Å². The molecule has 0 atom stereocenters. The highest BCUT2D eigenvalue weighted by Gasteiger charge is 2.14. The lowest BCUT2D eigenvalue weighted by Gasteiger charge is -2.09. The van der Waals surface area contributed by atoms with E-state index in [4.69, 9.17) is 9.98 Å². The molecule has 0 aliphatic rings. The van der Waals surface area contributed by atoms with Crippen LogP contribution < -0.4 is 9.60 Å². The fourth-order valence-corrected chi connectivity index (χ4v) is 6.45. The smallest absolute Gasteiger partial charge is 0.192 e. The van der Waals surface area contributed by atoms with Crippen molar-refractivity contribution in [2.45, 2.75) is 26.9 Å². The van der Waals surface area contributed by atoms with Gasteiger partial charge in [0.05, 0.1) is 34.1 Å². The van der Waals surface area contributed by atoms with Gasteiger partial charge in [0.1, 0.15) is 0 Å². The van der Waals surface area contributed by atoms with Crippen LogP contribution in [0.25, 0.3) is 0 Å². The molecule has 2 heterocycles. The quantitative estimate of drug-likeness (QED) is 0.145. The van der Waals surface area contributed by atoms with E-state index in [1.54, 1.807) is 0 Å². The van der Waals surface area contributed by atoms with Gasteiger partial charge in [-0.05, 0) is 62.4 Å². The summed E-state index contributed by atoms with van der Waals surface area (Å²) in [6.07, 6.45) is 0. The molecule has 0 saturated carbocycles. The zero-order valence-corrected chi connectivity index (χ0v) is 26.0. The Morgan fingerprint density at radius 3 is 1.09 bits per heavy atom. The van der Waals surface area contributed by atoms with Gasteiger partial charge >= 0.3 is 0 Å². The zero-order valence-electron chi connectivity index (χ0n) is 24.4. The molecule has 6 rings (SSSR count). The van der Waals surface area contributed by atoms with Crippen LogP contribution in [0.15, 0.2) is 152 Å². The van der Waals surface area contributed by atoms with Crippen LogP contribution in [0, 0.1) is 13.8 Å². The lowest BCUT2D eigenvalue weighted by atomic mass is 10.3. The minimum Gasteiger partial charge on any atom is -0.317 e. The summed E-state index contributed by atoms with van der Waals surface area (Å²) >= 11 is 3.06. The third-order valence-electron chi connectivity index (χ3n) is 6.80. The zero-order chi connectivity index (χ0) is 30.1. The van der Waals surface area contributed by atoms with Crippen molar-refractivity contribution in [2.75, 3.05) is 0 Å². The number of benzene rings is 4. The molecule has 0 radical (unpaired) electrons. The second kappa shape index (κ2) is 13.9. The summed E-state index contributed by atoms with van der Waals surface area (Å²) in [7, 11) is 0. The van der Waals surface area contributed by atoms with E-state index in [-0.39, 0.29) is 0 Å². The Morgan fingerprint density at radius 1 is 0.432 bits per heavy atom. The lowest BCUT2D eigenvalue weighted by molar-refractivity contribution is 0.543. The lowest BCUT2D eigenvalue weighted by Crippen LogP contribution is -2.24. The molecule has 8 nitrogen and oxygen atoms in total. The standard InChI is InChI=1S/C34H30N8S2/c1-25-31(39-37-29-19-11-5-12-20-29)43-33(35-27-15-7-3-8-16-27)41(25)23-24-42-26(2)32(40-38-30-21-13-6-14-22-30)44-34(42)36-28-17-9-4-10-18-28/h3-22H,23-24H2,1-2H3. The first kappa shape index (κ1) is 29.0. The number of aromatic nitrogens is 2. The van der Waals surface area contributed by atoms with Gasteiger partial charge in [-0.3, -0.25) is 0 Å². The minimum absolute atomic E-state index is 0.656. The van der Waals surface area contributed by atoms with Crippen LogP contribution in [0.5, 0.6) is 0 Å². The SMILES string of the molecule is Cc1c(N=Nc2ccccc2)sc(=Nc2ccccc2)n1CCn1c(C)c(N=Nc2ccccc2)sc1=Nc1ccccc1. The van der Waals surface area contributed by atoms with Crippen LogP contribution >= 0.6 is 22.7 Å². The number of nitrogens with zero attached hydrogens (tertiary/aromatic N) is 8. The van der Waals surface area contributed by atoms with Crippen molar-refractivity contribution in [3.63, 3.8) is 0 Å². The summed E-state index contributed by atoms with van der Waals surface area (Å²) in [5, 5.41) is 19.8. The molecule has 218 valence electrons. The Kier molecular flexibility index (Phi) is 9.20. The van der Waals surface area contributed by atoms with Gasteiger partial charge in [-0.25, -0.2) is 9.98 Å². The van der Waals surface area contributed by atoms with Crippen LogP contribution in [0.3, 0.4) is 0 Å². The van der Waals surface area contributed by atoms with E-state index >= 15 is 0 Å². The van der Waals surface area contributed by atoms with Gasteiger partial charge in [-0.1, -0.05) is 95.5 Å². The molecule has 10 heteroatoms. The molecule has 0 amide bonds. The molecule has 0 unspecified atom stereocenters. The third kappa shape index (κ3) is 7.11. The predicted molar refractivity (Wildman–Crippen MR) is 179 cm³/mol. The molecule has 0 aliphatic heterocycles. The van der Waals surface area contributed by atoms with Gasteiger partial charge in [0.2, 0.25) is 0 Å². The molecule has 0 bridgehead atoms. The second-order valence-corrected chi connectivity index (χ2v) is 11.7. The molecule has 0 saturated heterocycles. The van der Waals surface area contributed by atoms with Gasteiger partial charge in [-0.2, -0.15) is 0 Å². The molecule has 44 heavy (non-hydrogen) atoms. The molecular weight excluding hydrogens is 585 g/mol. The summed E-state index contributed by atoms with van der Waals surface area (Å²) in [6, 6.07) is 39.5. The normalized spacial score (nSPS) is 12.6. The first-order valence-electron chi connectivity index (χ1n) is 14.2. The highest BCUT2D eigenvalue weighted by molar-refractivity contribution is 7.13. The first-order chi connectivity index (χ1) is 21.6. The van der Waals surface area contributed by atoms with Gasteiger partial charge < -0.3 is 9.13 Å². The summed E-state index contributed by atoms with van der Waals surface area (Å²) in [5.41, 5.74) is 5.39. The molecule has 6 aromatic rings. The molecule has 0 aliphatic carbocycles. The Hall–Kier alpha value is -5.06. The van der Waals surface area contributed by atoms with Crippen molar-refractivity contribution >= 4 is 55.4 Å². The number of hydrogen-bond acceptors (Lipinski definition) is 8. The van der Waals surface area contributed by atoms with E-state index in [0.29, 0.717) is 13.1 Å². The van der Waals surface area contributed by atoms with Gasteiger partial charge in [0.15, 0.2) is 19.6 Å². The number of azo groups is 2. The minimum atomic E-state index is 0.656. The number of hydrogen-bond donors (Lipinski definition) is 0.